The summed E-state index contributed by atoms with van der Waals surface area (Å²) in [7, 11) is 1.27. The van der Waals surface area contributed by atoms with E-state index in [-0.39, 0.29) is 16.3 Å². The summed E-state index contributed by atoms with van der Waals surface area (Å²) < 4.78 is 30.5. The topological polar surface area (TPSA) is 9.23 Å². The van der Waals surface area contributed by atoms with Crippen LogP contribution in [0.3, 0.4) is 0 Å². The third kappa shape index (κ3) is 1.37. The fourth-order valence-corrected chi connectivity index (χ4v) is 1.09. The number of halogens is 3. The Morgan fingerprint density at radius 1 is 1.42 bits per heavy atom. The molecule has 1 nitrogen and oxygen atoms in total. The highest BCUT2D eigenvalue weighted by Crippen LogP contribution is 2.30. The maximum Gasteiger partial charge on any atom is 0.184 e. The lowest BCUT2D eigenvalue weighted by atomic mass is 10.2. The van der Waals surface area contributed by atoms with Gasteiger partial charge in [0.15, 0.2) is 11.6 Å². The summed E-state index contributed by atoms with van der Waals surface area (Å²) >= 11 is 5.37. The average molecular weight is 193 g/mol. The van der Waals surface area contributed by atoms with Crippen molar-refractivity contribution in [3.8, 4) is 5.75 Å². The van der Waals surface area contributed by atoms with Crippen molar-refractivity contribution in [1.29, 1.82) is 0 Å². The van der Waals surface area contributed by atoms with Crippen LogP contribution in [-0.2, 0) is 0 Å². The number of benzene rings is 1. The van der Waals surface area contributed by atoms with Crippen molar-refractivity contribution in [2.24, 2.45) is 0 Å². The normalized spacial score (nSPS) is 10.1. The lowest BCUT2D eigenvalue weighted by Crippen LogP contribution is -1.95. The number of ether oxygens (including phenoxy) is 1. The Morgan fingerprint density at radius 2 is 2.00 bits per heavy atom. The van der Waals surface area contributed by atoms with Gasteiger partial charge >= 0.3 is 0 Å². The van der Waals surface area contributed by atoms with Crippen LogP contribution in [0.25, 0.3) is 0 Å². The van der Waals surface area contributed by atoms with E-state index in [2.05, 4.69) is 4.74 Å². The molecule has 0 N–H and O–H groups in total. The molecule has 0 heterocycles. The third-order valence-corrected chi connectivity index (χ3v) is 1.84. The van der Waals surface area contributed by atoms with Gasteiger partial charge in [0.2, 0.25) is 0 Å². The molecule has 0 amide bonds. The second kappa shape index (κ2) is 3.27. The van der Waals surface area contributed by atoms with Crippen LogP contribution in [0.15, 0.2) is 6.07 Å². The van der Waals surface area contributed by atoms with Crippen LogP contribution < -0.4 is 4.74 Å². The van der Waals surface area contributed by atoms with Crippen LogP contribution in [-0.4, -0.2) is 7.11 Å². The number of hydrogen-bond acceptors (Lipinski definition) is 1. The highest BCUT2D eigenvalue weighted by atomic mass is 35.5. The molecular weight excluding hydrogens is 186 g/mol. The molecule has 0 aliphatic heterocycles. The summed E-state index contributed by atoms with van der Waals surface area (Å²) in [5.74, 6) is -1.43. The molecule has 0 spiro atoms. The van der Waals surface area contributed by atoms with Crippen molar-refractivity contribution in [3.63, 3.8) is 0 Å². The van der Waals surface area contributed by atoms with Crippen LogP contribution in [0, 0.1) is 18.6 Å². The van der Waals surface area contributed by atoms with E-state index in [1.165, 1.54) is 14.0 Å². The molecular formula is C8H7ClF2O. The predicted octanol–water partition coefficient (Wildman–Crippen LogP) is 2.94. The molecule has 0 atom stereocenters. The minimum Gasteiger partial charge on any atom is -0.493 e. The Kier molecular flexibility index (Phi) is 2.52. The van der Waals surface area contributed by atoms with Gasteiger partial charge in [0.05, 0.1) is 12.1 Å². The van der Waals surface area contributed by atoms with E-state index < -0.39 is 11.6 Å². The Bertz CT molecular complexity index is 286. The number of hydrogen-bond donors (Lipinski definition) is 0. The first-order valence-corrected chi connectivity index (χ1v) is 3.63. The Balaban J connectivity index is 3.42. The van der Waals surface area contributed by atoms with Crippen LogP contribution >= 0.6 is 11.6 Å². The fraction of sp³-hybridized carbons (Fsp3) is 0.250. The maximum absolute atomic E-state index is 13.0. The summed E-state index contributed by atoms with van der Waals surface area (Å²) in [6, 6.07) is 0.925. The molecule has 0 bridgehead atoms. The molecule has 0 radical (unpaired) electrons. The molecule has 12 heavy (non-hydrogen) atoms. The number of rotatable bonds is 1. The zero-order valence-corrected chi connectivity index (χ0v) is 7.38. The summed E-state index contributed by atoms with van der Waals surface area (Å²) in [6.07, 6.45) is 0. The molecule has 1 aromatic carbocycles. The summed E-state index contributed by atoms with van der Waals surface area (Å²) in [6.45, 7) is 1.42. The van der Waals surface area contributed by atoms with Gasteiger partial charge in [-0.1, -0.05) is 11.6 Å². The largest absolute Gasteiger partial charge is 0.493 e. The van der Waals surface area contributed by atoms with Crippen molar-refractivity contribution < 1.29 is 13.5 Å². The quantitative estimate of drug-likeness (QED) is 0.622. The lowest BCUT2D eigenvalue weighted by Gasteiger charge is -2.07. The second-order valence-corrected chi connectivity index (χ2v) is 2.72. The number of methoxy groups -OCH3 is 1. The second-order valence-electron chi connectivity index (χ2n) is 2.31. The van der Waals surface area contributed by atoms with Crippen molar-refractivity contribution in [2.75, 3.05) is 7.11 Å². The first kappa shape index (κ1) is 9.26. The maximum atomic E-state index is 13.0. The van der Waals surface area contributed by atoms with Gasteiger partial charge < -0.3 is 4.74 Å². The van der Waals surface area contributed by atoms with E-state index in [0.717, 1.165) is 6.07 Å². The summed E-state index contributed by atoms with van der Waals surface area (Å²) in [5, 5.41) is -0.269. The lowest BCUT2D eigenvalue weighted by molar-refractivity contribution is 0.379. The molecule has 0 aromatic heterocycles. The van der Waals surface area contributed by atoms with Gasteiger partial charge in [-0.25, -0.2) is 8.78 Å². The van der Waals surface area contributed by atoms with Gasteiger partial charge in [-0.3, -0.25) is 0 Å². The van der Waals surface area contributed by atoms with Crippen molar-refractivity contribution >= 4 is 11.6 Å². The molecule has 1 rings (SSSR count). The highest BCUT2D eigenvalue weighted by molar-refractivity contribution is 6.30. The smallest absolute Gasteiger partial charge is 0.184 e. The van der Waals surface area contributed by atoms with Crippen LogP contribution in [0.5, 0.6) is 5.75 Å². The Labute approximate surface area is 73.9 Å². The van der Waals surface area contributed by atoms with Crippen LogP contribution in [0.1, 0.15) is 5.56 Å². The molecule has 4 heteroatoms. The van der Waals surface area contributed by atoms with E-state index in [1.807, 2.05) is 0 Å². The highest BCUT2D eigenvalue weighted by Gasteiger charge is 2.14. The predicted molar refractivity (Wildman–Crippen MR) is 42.7 cm³/mol. The van der Waals surface area contributed by atoms with Crippen LogP contribution in [0.2, 0.25) is 5.02 Å². The monoisotopic (exact) mass is 192 g/mol. The van der Waals surface area contributed by atoms with E-state index in [4.69, 9.17) is 11.6 Å². The van der Waals surface area contributed by atoms with Crippen molar-refractivity contribution in [1.82, 2.24) is 0 Å². The molecule has 0 aliphatic carbocycles. The zero-order valence-electron chi connectivity index (χ0n) is 6.62. The zero-order chi connectivity index (χ0) is 9.30. The van der Waals surface area contributed by atoms with Gasteiger partial charge in [-0.05, 0) is 13.0 Å². The first-order chi connectivity index (χ1) is 5.57. The molecule has 0 aliphatic rings. The first-order valence-electron chi connectivity index (χ1n) is 3.26. The van der Waals surface area contributed by atoms with Gasteiger partial charge in [-0.15, -0.1) is 0 Å². The van der Waals surface area contributed by atoms with Crippen molar-refractivity contribution in [3.05, 3.63) is 28.3 Å². The average Bonchev–Trinajstić information content (AvgIpc) is 2.02. The van der Waals surface area contributed by atoms with Gasteiger partial charge in [0.1, 0.15) is 5.82 Å². The van der Waals surface area contributed by atoms with Crippen LogP contribution in [0.4, 0.5) is 8.78 Å². The van der Waals surface area contributed by atoms with E-state index in [0.29, 0.717) is 0 Å². The molecule has 1 aromatic rings. The molecule has 66 valence electrons. The summed E-state index contributed by atoms with van der Waals surface area (Å²) in [5.41, 5.74) is 0.124. The SMILES string of the molecule is COc1c(C)c(F)cc(Cl)c1F. The van der Waals surface area contributed by atoms with E-state index in [9.17, 15) is 8.78 Å². The summed E-state index contributed by atoms with van der Waals surface area (Å²) in [4.78, 5) is 0. The third-order valence-electron chi connectivity index (χ3n) is 1.57. The molecule has 0 fully saturated rings. The minimum absolute atomic E-state index is 0.124. The standard InChI is InChI=1S/C8H7ClF2O/c1-4-6(10)3-5(9)7(11)8(4)12-2/h3H,1-2H3. The van der Waals surface area contributed by atoms with Gasteiger partial charge in [0.25, 0.3) is 0 Å². The Hall–Kier alpha value is -0.830. The molecule has 0 saturated carbocycles. The van der Waals surface area contributed by atoms with Gasteiger partial charge in [-0.2, -0.15) is 0 Å². The fourth-order valence-electron chi connectivity index (χ4n) is 0.907. The minimum atomic E-state index is -0.724. The van der Waals surface area contributed by atoms with E-state index in [1.54, 1.807) is 0 Å². The Morgan fingerprint density at radius 3 is 2.50 bits per heavy atom. The molecule has 0 saturated heterocycles. The van der Waals surface area contributed by atoms with Crippen molar-refractivity contribution in [2.45, 2.75) is 6.92 Å². The molecule has 0 unspecified atom stereocenters. The van der Waals surface area contributed by atoms with E-state index >= 15 is 0 Å². The van der Waals surface area contributed by atoms with Gasteiger partial charge in [0, 0.05) is 5.56 Å².